The van der Waals surface area contributed by atoms with Crippen molar-refractivity contribution in [2.24, 2.45) is 0 Å². The summed E-state index contributed by atoms with van der Waals surface area (Å²) in [5.74, 6) is 0. The number of rotatable bonds is 4. The van der Waals surface area contributed by atoms with Gasteiger partial charge in [-0.3, -0.25) is 0 Å². The highest BCUT2D eigenvalue weighted by molar-refractivity contribution is 8.27. The van der Waals surface area contributed by atoms with Gasteiger partial charge in [-0.15, -0.1) is 11.8 Å². The number of thioether (sulfide) groups is 1. The van der Waals surface area contributed by atoms with E-state index in [4.69, 9.17) is 11.8 Å². The van der Waals surface area contributed by atoms with Gasteiger partial charge in [-0.25, -0.2) is 0 Å². The number of hydrogen-bond donors (Lipinski definition) is 0. The summed E-state index contributed by atoms with van der Waals surface area (Å²) < 4.78 is 0. The van der Waals surface area contributed by atoms with Crippen LogP contribution >= 0.6 is 17.8 Å². The van der Waals surface area contributed by atoms with E-state index in [9.17, 15) is 0 Å². The lowest BCUT2D eigenvalue weighted by molar-refractivity contribution is 0.908. The molecule has 3 aromatic carbocycles. The van der Waals surface area contributed by atoms with Crippen LogP contribution in [0.5, 0.6) is 0 Å². The molecule has 2 aliphatic rings. The van der Waals surface area contributed by atoms with Crippen LogP contribution in [0.3, 0.4) is 0 Å². The van der Waals surface area contributed by atoms with Crippen LogP contribution < -0.4 is 5.30 Å². The van der Waals surface area contributed by atoms with Crippen molar-refractivity contribution in [3.05, 3.63) is 107 Å². The molecule has 3 heteroatoms. The standard InChI is InChI=1S/C25H23PS2/c27-26-18-22(16-20-11-5-2-6-12-20)21(15-19-9-3-1-4-10-19)17-25(26)28-24-14-8-7-13-23(24)26/h1-14,25H,15-18H2. The molecule has 5 rings (SSSR count). The van der Waals surface area contributed by atoms with Crippen molar-refractivity contribution in [2.45, 2.75) is 29.1 Å². The Labute approximate surface area is 177 Å². The van der Waals surface area contributed by atoms with Gasteiger partial charge in [0.15, 0.2) is 0 Å². The summed E-state index contributed by atoms with van der Waals surface area (Å²) in [7, 11) is 0. The molecule has 3 aromatic rings. The monoisotopic (exact) mass is 418 g/mol. The molecule has 2 aliphatic heterocycles. The van der Waals surface area contributed by atoms with Gasteiger partial charge in [0, 0.05) is 27.4 Å². The topological polar surface area (TPSA) is 0 Å². The van der Waals surface area contributed by atoms with Crippen molar-refractivity contribution in [1.29, 1.82) is 0 Å². The van der Waals surface area contributed by atoms with E-state index in [2.05, 4.69) is 96.7 Å². The predicted octanol–water partition coefficient (Wildman–Crippen LogP) is 6.41. The van der Waals surface area contributed by atoms with Crippen molar-refractivity contribution in [1.82, 2.24) is 0 Å². The van der Waals surface area contributed by atoms with E-state index in [1.165, 1.54) is 21.3 Å². The van der Waals surface area contributed by atoms with E-state index in [1.54, 1.807) is 11.1 Å². The molecule has 2 heterocycles. The van der Waals surface area contributed by atoms with Gasteiger partial charge in [0.1, 0.15) is 0 Å². The molecule has 0 aliphatic carbocycles. The molecule has 140 valence electrons. The molecule has 2 atom stereocenters. The van der Waals surface area contributed by atoms with E-state index in [0.29, 0.717) is 4.99 Å². The Morgan fingerprint density at radius 1 is 0.750 bits per heavy atom. The van der Waals surface area contributed by atoms with Crippen LogP contribution in [0.2, 0.25) is 0 Å². The summed E-state index contributed by atoms with van der Waals surface area (Å²) in [5, 5.41) is 1.49. The third-order valence-corrected chi connectivity index (χ3v) is 13.8. The minimum Gasteiger partial charge on any atom is -0.116 e. The highest BCUT2D eigenvalue weighted by Crippen LogP contribution is 2.67. The molecule has 0 amide bonds. The van der Waals surface area contributed by atoms with Gasteiger partial charge in [-0.1, -0.05) is 102 Å². The Kier molecular flexibility index (Phi) is 5.05. The quantitative estimate of drug-likeness (QED) is 0.355. The first-order chi connectivity index (χ1) is 13.7. The van der Waals surface area contributed by atoms with E-state index in [1.807, 2.05) is 0 Å². The second-order valence-electron chi connectivity index (χ2n) is 7.73. The van der Waals surface area contributed by atoms with Crippen molar-refractivity contribution in [3.8, 4) is 0 Å². The molecule has 0 aromatic heterocycles. The smallest absolute Gasteiger partial charge is 0.0464 e. The fraction of sp³-hybridized carbons (Fsp3) is 0.200. The Morgan fingerprint density at radius 2 is 1.32 bits per heavy atom. The Hall–Kier alpha value is -1.60. The molecule has 0 saturated carbocycles. The van der Waals surface area contributed by atoms with Crippen LogP contribution in [0.4, 0.5) is 0 Å². The maximum Gasteiger partial charge on any atom is 0.0464 e. The number of hydrogen-bond acceptors (Lipinski definition) is 2. The molecule has 0 bridgehead atoms. The second kappa shape index (κ2) is 7.67. The summed E-state index contributed by atoms with van der Waals surface area (Å²) in [4.78, 5) is 2.02. The van der Waals surface area contributed by atoms with Crippen LogP contribution in [0.1, 0.15) is 17.5 Å². The van der Waals surface area contributed by atoms with Gasteiger partial charge in [-0.2, -0.15) is 0 Å². The molecule has 28 heavy (non-hydrogen) atoms. The lowest BCUT2D eigenvalue weighted by Gasteiger charge is -2.34. The first kappa shape index (κ1) is 18.4. The molecule has 0 fully saturated rings. The predicted molar refractivity (Wildman–Crippen MR) is 127 cm³/mol. The summed E-state index contributed by atoms with van der Waals surface area (Å²) >= 11 is 8.51. The first-order valence-electron chi connectivity index (χ1n) is 9.85. The van der Waals surface area contributed by atoms with Crippen LogP contribution in [-0.2, 0) is 24.6 Å². The summed E-state index contributed by atoms with van der Waals surface area (Å²) in [6, 6.07) is 29.2. The zero-order chi connectivity index (χ0) is 19.0. The fourth-order valence-corrected chi connectivity index (χ4v) is 12.2. The SMILES string of the molecule is S=P12CC(Cc3ccccc3)=C(Cc3ccccc3)CC1Sc1ccccc12. The Balaban J connectivity index is 1.54. The van der Waals surface area contributed by atoms with Crippen molar-refractivity contribution in [2.75, 3.05) is 6.16 Å². The number of benzene rings is 3. The van der Waals surface area contributed by atoms with Gasteiger partial charge < -0.3 is 0 Å². The van der Waals surface area contributed by atoms with E-state index in [-0.39, 0.29) is 0 Å². The Morgan fingerprint density at radius 3 is 2.00 bits per heavy atom. The first-order valence-corrected chi connectivity index (χ1v) is 13.8. The number of allylic oxidation sites excluding steroid dienone is 2. The third kappa shape index (κ3) is 3.43. The second-order valence-corrected chi connectivity index (χ2v) is 14.3. The van der Waals surface area contributed by atoms with Crippen LogP contribution in [0.15, 0.2) is 101 Å². The molecule has 0 N–H and O–H groups in total. The highest BCUT2D eigenvalue weighted by Gasteiger charge is 2.43. The minimum atomic E-state index is -1.56. The third-order valence-electron chi connectivity index (χ3n) is 5.87. The molecule has 2 unspecified atom stereocenters. The zero-order valence-electron chi connectivity index (χ0n) is 15.8. The minimum absolute atomic E-state index is 0.582. The number of fused-ring (bicyclic) bond motifs is 3. The van der Waals surface area contributed by atoms with E-state index in [0.717, 1.165) is 25.4 Å². The van der Waals surface area contributed by atoms with Crippen molar-refractivity contribution >= 4 is 34.9 Å². The molecule has 0 saturated heterocycles. The van der Waals surface area contributed by atoms with Crippen molar-refractivity contribution in [3.63, 3.8) is 0 Å². The summed E-state index contributed by atoms with van der Waals surface area (Å²) in [6.45, 7) is 0. The normalized spacial score (nSPS) is 23.4. The molecule has 0 spiro atoms. The summed E-state index contributed by atoms with van der Waals surface area (Å²) in [6.07, 6.45) is 4.36. The van der Waals surface area contributed by atoms with Gasteiger partial charge in [0.2, 0.25) is 0 Å². The maximum atomic E-state index is 6.46. The lowest BCUT2D eigenvalue weighted by Crippen LogP contribution is -2.21. The van der Waals surface area contributed by atoms with Crippen LogP contribution in [-0.4, -0.2) is 11.2 Å². The molecular formula is C25H23PS2. The van der Waals surface area contributed by atoms with Crippen LogP contribution in [0, 0.1) is 0 Å². The molecular weight excluding hydrogens is 395 g/mol. The molecule has 0 radical (unpaired) electrons. The average Bonchev–Trinajstić information content (AvgIpc) is 3.01. The van der Waals surface area contributed by atoms with Crippen LogP contribution in [0.25, 0.3) is 0 Å². The van der Waals surface area contributed by atoms with Crippen molar-refractivity contribution < 1.29 is 0 Å². The van der Waals surface area contributed by atoms with E-state index < -0.39 is 6.04 Å². The zero-order valence-corrected chi connectivity index (χ0v) is 18.3. The Bertz CT molecular complexity index is 1070. The fourth-order valence-electron chi connectivity index (χ4n) is 4.45. The largest absolute Gasteiger partial charge is 0.116 e. The van der Waals surface area contributed by atoms with Gasteiger partial charge in [0.25, 0.3) is 0 Å². The van der Waals surface area contributed by atoms with E-state index >= 15 is 0 Å². The molecule has 0 nitrogen and oxygen atoms in total. The van der Waals surface area contributed by atoms with Gasteiger partial charge in [-0.05, 0) is 36.5 Å². The lowest BCUT2D eigenvalue weighted by atomic mass is 9.94. The maximum absolute atomic E-state index is 6.46. The average molecular weight is 419 g/mol. The van der Waals surface area contributed by atoms with Gasteiger partial charge in [0.05, 0.1) is 0 Å². The summed E-state index contributed by atoms with van der Waals surface area (Å²) in [5.41, 5.74) is 6.05. The highest BCUT2D eigenvalue weighted by atomic mass is 32.4. The van der Waals surface area contributed by atoms with Gasteiger partial charge >= 0.3 is 0 Å².